The normalized spacial score (nSPS) is 14.0. The van der Waals surface area contributed by atoms with E-state index in [1.807, 2.05) is 44.4 Å². The minimum absolute atomic E-state index is 0.000575. The van der Waals surface area contributed by atoms with Crippen LogP contribution in [0.4, 0.5) is 5.69 Å². The van der Waals surface area contributed by atoms with Crippen molar-refractivity contribution in [2.75, 3.05) is 31.2 Å². The van der Waals surface area contributed by atoms with Crippen LogP contribution in [-0.4, -0.2) is 53.8 Å². The molecule has 1 aliphatic rings. The molecule has 30 heavy (non-hydrogen) atoms. The lowest BCUT2D eigenvalue weighted by atomic mass is 10.2. The number of hydrogen-bond acceptors (Lipinski definition) is 4. The predicted molar refractivity (Wildman–Crippen MR) is 120 cm³/mol. The molecule has 0 unspecified atom stereocenters. The number of benzene rings is 1. The zero-order chi connectivity index (χ0) is 21.8. The summed E-state index contributed by atoms with van der Waals surface area (Å²) in [5.74, 6) is -0.233. The van der Waals surface area contributed by atoms with Crippen LogP contribution in [0.3, 0.4) is 0 Å². The van der Waals surface area contributed by atoms with Crippen LogP contribution in [-0.2, 0) is 20.8 Å². The summed E-state index contributed by atoms with van der Waals surface area (Å²) in [5, 5.41) is 2.51. The molecule has 0 saturated carbocycles. The molecular weight excluding hydrogens is 422 g/mol. The van der Waals surface area contributed by atoms with E-state index in [9.17, 15) is 14.4 Å². The van der Waals surface area contributed by atoms with Gasteiger partial charge in [0, 0.05) is 22.1 Å². The SMILES string of the molecule is Cc1c(Cl)cccc1N1CN(C(=O)CN(CC(C)C)C(=O)Cc2cccs2)CC1=O. The minimum atomic E-state index is -0.231. The fourth-order valence-corrected chi connectivity index (χ4v) is 4.31. The van der Waals surface area contributed by atoms with Crippen LogP contribution in [0.1, 0.15) is 24.3 Å². The van der Waals surface area contributed by atoms with Gasteiger partial charge in [-0.2, -0.15) is 0 Å². The minimum Gasteiger partial charge on any atom is -0.333 e. The van der Waals surface area contributed by atoms with Gasteiger partial charge in [-0.15, -0.1) is 11.3 Å². The van der Waals surface area contributed by atoms with E-state index in [4.69, 9.17) is 11.6 Å². The Balaban J connectivity index is 1.69. The number of thiophene rings is 1. The number of hydrogen-bond donors (Lipinski definition) is 0. The molecule has 0 atom stereocenters. The molecule has 3 rings (SSSR count). The Morgan fingerprint density at radius 2 is 2.00 bits per heavy atom. The molecular formula is C22H26ClN3O3S. The highest BCUT2D eigenvalue weighted by atomic mass is 35.5. The second-order valence-corrected chi connectivity index (χ2v) is 9.30. The number of nitrogens with zero attached hydrogens (tertiary/aromatic N) is 3. The highest BCUT2D eigenvalue weighted by Crippen LogP contribution is 2.28. The summed E-state index contributed by atoms with van der Waals surface area (Å²) in [6, 6.07) is 9.21. The molecule has 8 heteroatoms. The topological polar surface area (TPSA) is 60.9 Å². The van der Waals surface area contributed by atoms with Gasteiger partial charge >= 0.3 is 0 Å². The lowest BCUT2D eigenvalue weighted by molar-refractivity contribution is -0.140. The summed E-state index contributed by atoms with van der Waals surface area (Å²) < 4.78 is 0. The van der Waals surface area contributed by atoms with E-state index >= 15 is 0 Å². The maximum atomic E-state index is 12.9. The standard InChI is InChI=1S/C22H26ClN3O3S/c1-15(2)11-24(20(27)10-17-6-5-9-30-17)12-21(28)25-13-22(29)26(14-25)19-8-4-7-18(23)16(19)3/h4-9,15H,10-14H2,1-3H3. The van der Waals surface area contributed by atoms with Crippen LogP contribution in [0.15, 0.2) is 35.7 Å². The number of rotatable bonds is 7. The highest BCUT2D eigenvalue weighted by molar-refractivity contribution is 7.10. The van der Waals surface area contributed by atoms with Crippen molar-refractivity contribution in [2.24, 2.45) is 5.92 Å². The molecule has 0 N–H and O–H groups in total. The van der Waals surface area contributed by atoms with Crippen LogP contribution in [0, 0.1) is 12.8 Å². The number of halogens is 1. The monoisotopic (exact) mass is 447 g/mol. The van der Waals surface area contributed by atoms with E-state index in [1.165, 1.54) is 16.2 Å². The average Bonchev–Trinajstić information content (AvgIpc) is 3.32. The maximum absolute atomic E-state index is 12.9. The predicted octanol–water partition coefficient (Wildman–Crippen LogP) is 3.57. The van der Waals surface area contributed by atoms with Crippen molar-refractivity contribution in [1.82, 2.24) is 9.80 Å². The number of carbonyl (C=O) groups is 3. The molecule has 3 amide bonds. The van der Waals surface area contributed by atoms with E-state index in [0.717, 1.165) is 10.4 Å². The van der Waals surface area contributed by atoms with Crippen molar-refractivity contribution in [1.29, 1.82) is 0 Å². The van der Waals surface area contributed by atoms with E-state index in [1.54, 1.807) is 21.9 Å². The van der Waals surface area contributed by atoms with Gasteiger partial charge in [0.25, 0.3) is 0 Å². The first-order valence-electron chi connectivity index (χ1n) is 9.89. The van der Waals surface area contributed by atoms with Crippen LogP contribution in [0.5, 0.6) is 0 Å². The van der Waals surface area contributed by atoms with Crippen molar-refractivity contribution < 1.29 is 14.4 Å². The molecule has 1 aromatic carbocycles. The third-order valence-corrected chi connectivity index (χ3v) is 6.28. The Bertz CT molecular complexity index is 930. The molecule has 0 spiro atoms. The second kappa shape index (κ2) is 9.62. The summed E-state index contributed by atoms with van der Waals surface area (Å²) in [5.41, 5.74) is 1.50. The van der Waals surface area contributed by atoms with Gasteiger partial charge in [0.15, 0.2) is 0 Å². The summed E-state index contributed by atoms with van der Waals surface area (Å²) in [6.45, 7) is 6.50. The lowest BCUT2D eigenvalue weighted by Crippen LogP contribution is -2.44. The Hall–Kier alpha value is -2.38. The van der Waals surface area contributed by atoms with Gasteiger partial charge in [-0.25, -0.2) is 0 Å². The van der Waals surface area contributed by atoms with E-state index in [2.05, 4.69) is 0 Å². The smallest absolute Gasteiger partial charge is 0.248 e. The third-order valence-electron chi connectivity index (χ3n) is 4.99. The van der Waals surface area contributed by atoms with Gasteiger partial charge in [0.05, 0.1) is 13.0 Å². The fourth-order valence-electron chi connectivity index (χ4n) is 3.45. The Morgan fingerprint density at radius 1 is 1.23 bits per heavy atom. The molecule has 1 saturated heterocycles. The summed E-state index contributed by atoms with van der Waals surface area (Å²) >= 11 is 7.71. The summed E-state index contributed by atoms with van der Waals surface area (Å²) in [4.78, 5) is 44.0. The molecule has 2 heterocycles. The van der Waals surface area contributed by atoms with Crippen molar-refractivity contribution >= 4 is 46.3 Å². The van der Waals surface area contributed by atoms with Crippen molar-refractivity contribution in [3.8, 4) is 0 Å². The zero-order valence-electron chi connectivity index (χ0n) is 17.4. The zero-order valence-corrected chi connectivity index (χ0v) is 19.0. The molecule has 160 valence electrons. The Morgan fingerprint density at radius 3 is 2.67 bits per heavy atom. The molecule has 0 aliphatic carbocycles. The number of anilines is 1. The Kier molecular flexibility index (Phi) is 7.15. The maximum Gasteiger partial charge on any atom is 0.248 e. The quantitative estimate of drug-likeness (QED) is 0.651. The summed E-state index contributed by atoms with van der Waals surface area (Å²) in [6.07, 6.45) is 0.282. The summed E-state index contributed by atoms with van der Waals surface area (Å²) in [7, 11) is 0. The number of amides is 3. The van der Waals surface area contributed by atoms with Gasteiger partial charge in [0.2, 0.25) is 17.7 Å². The third kappa shape index (κ3) is 5.21. The molecule has 2 aromatic rings. The molecule has 0 bridgehead atoms. The first-order chi connectivity index (χ1) is 14.3. The Labute approximate surface area is 186 Å². The van der Waals surface area contributed by atoms with Crippen LogP contribution in [0.25, 0.3) is 0 Å². The van der Waals surface area contributed by atoms with Gasteiger partial charge in [-0.05, 0) is 42.0 Å². The second-order valence-electron chi connectivity index (χ2n) is 7.86. The van der Waals surface area contributed by atoms with Crippen molar-refractivity contribution in [3.05, 3.63) is 51.2 Å². The molecule has 1 fully saturated rings. The molecule has 1 aliphatic heterocycles. The van der Waals surface area contributed by atoms with Crippen LogP contribution >= 0.6 is 22.9 Å². The largest absolute Gasteiger partial charge is 0.333 e. The molecule has 0 radical (unpaired) electrons. The molecule has 1 aromatic heterocycles. The first kappa shape index (κ1) is 22.3. The van der Waals surface area contributed by atoms with Gasteiger partial charge < -0.3 is 9.80 Å². The van der Waals surface area contributed by atoms with E-state index < -0.39 is 0 Å². The lowest BCUT2D eigenvalue weighted by Gasteiger charge is -2.26. The average molecular weight is 448 g/mol. The van der Waals surface area contributed by atoms with Crippen LogP contribution < -0.4 is 4.90 Å². The van der Waals surface area contributed by atoms with Gasteiger partial charge in [-0.3, -0.25) is 19.3 Å². The molecule has 6 nitrogen and oxygen atoms in total. The van der Waals surface area contributed by atoms with E-state index in [0.29, 0.717) is 17.3 Å². The number of carbonyl (C=O) groups excluding carboxylic acids is 3. The first-order valence-corrected chi connectivity index (χ1v) is 11.2. The fraction of sp³-hybridized carbons (Fsp3) is 0.409. The van der Waals surface area contributed by atoms with Gasteiger partial charge in [-0.1, -0.05) is 37.6 Å². The van der Waals surface area contributed by atoms with E-state index in [-0.39, 0.29) is 49.8 Å². The van der Waals surface area contributed by atoms with Gasteiger partial charge in [0.1, 0.15) is 13.2 Å². The highest BCUT2D eigenvalue weighted by Gasteiger charge is 2.34. The van der Waals surface area contributed by atoms with Crippen molar-refractivity contribution in [3.63, 3.8) is 0 Å². The van der Waals surface area contributed by atoms with Crippen LogP contribution in [0.2, 0.25) is 5.02 Å². The van der Waals surface area contributed by atoms with Crippen molar-refractivity contribution in [2.45, 2.75) is 27.2 Å².